The second-order valence-electron chi connectivity index (χ2n) is 5.60. The highest BCUT2D eigenvalue weighted by Crippen LogP contribution is 2.29. The van der Waals surface area contributed by atoms with Crippen molar-refractivity contribution in [2.24, 2.45) is 5.73 Å². The fourth-order valence-corrected chi connectivity index (χ4v) is 2.49. The summed E-state index contributed by atoms with van der Waals surface area (Å²) in [5, 5.41) is 14.4. The molecule has 1 amide bonds. The molecule has 0 aliphatic heterocycles. The van der Waals surface area contributed by atoms with Crippen molar-refractivity contribution in [2.75, 3.05) is 5.32 Å². The van der Waals surface area contributed by atoms with Gasteiger partial charge in [-0.25, -0.2) is 4.98 Å². The van der Waals surface area contributed by atoms with E-state index in [2.05, 4.69) is 10.3 Å². The highest BCUT2D eigenvalue weighted by Gasteiger charge is 2.17. The second-order valence-corrected chi connectivity index (χ2v) is 5.60. The summed E-state index contributed by atoms with van der Waals surface area (Å²) in [5.41, 5.74) is 7.52. The van der Waals surface area contributed by atoms with Gasteiger partial charge in [-0.05, 0) is 23.8 Å². The second kappa shape index (κ2) is 7.43. The molecular formula is C19H16N4O3. The first-order valence-electron chi connectivity index (χ1n) is 7.88. The number of anilines is 1. The zero-order valence-electron chi connectivity index (χ0n) is 13.8. The number of rotatable bonds is 6. The molecule has 3 rings (SSSR count). The molecule has 0 aliphatic carbocycles. The van der Waals surface area contributed by atoms with Crippen LogP contribution in [0.2, 0.25) is 0 Å². The maximum atomic E-state index is 11.3. The number of primary amides is 1. The summed E-state index contributed by atoms with van der Waals surface area (Å²) in [6.45, 7) is 0.456. The van der Waals surface area contributed by atoms with E-state index >= 15 is 0 Å². The number of amides is 1. The van der Waals surface area contributed by atoms with Gasteiger partial charge in [-0.2, -0.15) is 0 Å². The van der Waals surface area contributed by atoms with E-state index in [4.69, 9.17) is 5.73 Å². The average molecular weight is 348 g/mol. The van der Waals surface area contributed by atoms with Crippen molar-refractivity contribution in [3.8, 4) is 11.3 Å². The SMILES string of the molecule is NC(=O)c1ccc(CNc2ccc([N+](=O)[O-])c(-c3ccccc3)n2)cc1. The molecule has 3 N–H and O–H groups in total. The van der Waals surface area contributed by atoms with Gasteiger partial charge in [0.25, 0.3) is 5.69 Å². The largest absolute Gasteiger partial charge is 0.366 e. The first-order chi connectivity index (χ1) is 12.5. The van der Waals surface area contributed by atoms with Gasteiger partial charge >= 0.3 is 0 Å². The zero-order valence-corrected chi connectivity index (χ0v) is 13.8. The third-order valence-corrected chi connectivity index (χ3v) is 3.83. The average Bonchev–Trinajstić information content (AvgIpc) is 2.67. The fraction of sp³-hybridized carbons (Fsp3) is 0.0526. The van der Waals surface area contributed by atoms with Crippen LogP contribution >= 0.6 is 0 Å². The summed E-state index contributed by atoms with van der Waals surface area (Å²) in [6, 6.07) is 18.9. The Morgan fingerprint density at radius 2 is 1.73 bits per heavy atom. The summed E-state index contributed by atoms with van der Waals surface area (Å²) in [4.78, 5) is 26.3. The molecule has 0 saturated heterocycles. The van der Waals surface area contributed by atoms with Gasteiger partial charge in [0, 0.05) is 23.7 Å². The molecule has 0 bridgehead atoms. The Kier molecular flexibility index (Phi) is 4.89. The Morgan fingerprint density at radius 3 is 2.35 bits per heavy atom. The summed E-state index contributed by atoms with van der Waals surface area (Å²) in [5.74, 6) is 0.0440. The summed E-state index contributed by atoms with van der Waals surface area (Å²) in [7, 11) is 0. The molecule has 7 nitrogen and oxygen atoms in total. The quantitative estimate of drug-likeness (QED) is 0.524. The third kappa shape index (κ3) is 3.84. The van der Waals surface area contributed by atoms with Gasteiger partial charge < -0.3 is 11.1 Å². The number of nitrogens with two attached hydrogens (primary N) is 1. The number of nitro groups is 1. The van der Waals surface area contributed by atoms with Gasteiger partial charge in [-0.1, -0.05) is 42.5 Å². The molecule has 3 aromatic rings. The van der Waals surface area contributed by atoms with Crippen molar-refractivity contribution in [1.29, 1.82) is 0 Å². The van der Waals surface area contributed by atoms with E-state index in [1.165, 1.54) is 6.07 Å². The molecule has 130 valence electrons. The molecule has 26 heavy (non-hydrogen) atoms. The maximum Gasteiger partial charge on any atom is 0.295 e. The normalized spacial score (nSPS) is 10.3. The molecule has 0 saturated carbocycles. The van der Waals surface area contributed by atoms with Crippen molar-refractivity contribution >= 4 is 17.4 Å². The number of carbonyl (C=O) groups excluding carboxylic acids is 1. The van der Waals surface area contributed by atoms with Crippen LogP contribution in [-0.2, 0) is 6.54 Å². The smallest absolute Gasteiger partial charge is 0.295 e. The van der Waals surface area contributed by atoms with Gasteiger partial charge in [0.2, 0.25) is 5.91 Å². The molecular weight excluding hydrogens is 332 g/mol. The molecule has 0 radical (unpaired) electrons. The number of nitrogens with one attached hydrogen (secondary N) is 1. The van der Waals surface area contributed by atoms with Crippen molar-refractivity contribution < 1.29 is 9.72 Å². The van der Waals surface area contributed by atoms with Crippen molar-refractivity contribution in [2.45, 2.75) is 6.54 Å². The van der Waals surface area contributed by atoms with Crippen LogP contribution in [0.3, 0.4) is 0 Å². The van der Waals surface area contributed by atoms with Gasteiger partial charge in [0.05, 0.1) is 4.92 Å². The van der Waals surface area contributed by atoms with E-state index < -0.39 is 10.8 Å². The number of hydrogen-bond acceptors (Lipinski definition) is 5. The summed E-state index contributed by atoms with van der Waals surface area (Å²) < 4.78 is 0. The minimum Gasteiger partial charge on any atom is -0.366 e. The van der Waals surface area contributed by atoms with Gasteiger partial charge in [0.1, 0.15) is 5.82 Å². The Bertz CT molecular complexity index is 941. The van der Waals surface area contributed by atoms with E-state index in [1.54, 1.807) is 54.6 Å². The van der Waals surface area contributed by atoms with Crippen molar-refractivity contribution in [3.63, 3.8) is 0 Å². The summed E-state index contributed by atoms with van der Waals surface area (Å²) in [6.07, 6.45) is 0. The number of benzene rings is 2. The highest BCUT2D eigenvalue weighted by molar-refractivity contribution is 5.92. The van der Waals surface area contributed by atoms with Crippen LogP contribution in [0, 0.1) is 10.1 Å². The van der Waals surface area contributed by atoms with E-state index in [0.29, 0.717) is 29.2 Å². The van der Waals surface area contributed by atoms with Crippen LogP contribution in [0.1, 0.15) is 15.9 Å². The lowest BCUT2D eigenvalue weighted by Crippen LogP contribution is -2.11. The lowest BCUT2D eigenvalue weighted by Gasteiger charge is -2.09. The zero-order chi connectivity index (χ0) is 18.5. The number of pyridine rings is 1. The lowest BCUT2D eigenvalue weighted by atomic mass is 10.1. The molecule has 0 unspecified atom stereocenters. The highest BCUT2D eigenvalue weighted by atomic mass is 16.6. The molecule has 0 fully saturated rings. The molecule has 0 aliphatic rings. The van der Waals surface area contributed by atoms with E-state index in [0.717, 1.165) is 5.56 Å². The Labute approximate surface area is 149 Å². The Morgan fingerprint density at radius 1 is 1.04 bits per heavy atom. The number of carbonyl (C=O) groups is 1. The molecule has 1 heterocycles. The minimum atomic E-state index is -0.478. The maximum absolute atomic E-state index is 11.3. The Hall–Kier alpha value is -3.74. The van der Waals surface area contributed by atoms with Crippen molar-refractivity contribution in [3.05, 3.63) is 88.0 Å². The monoisotopic (exact) mass is 348 g/mol. The number of nitrogens with zero attached hydrogens (tertiary/aromatic N) is 2. The number of hydrogen-bond donors (Lipinski definition) is 2. The fourth-order valence-electron chi connectivity index (χ4n) is 2.49. The van der Waals surface area contributed by atoms with Crippen LogP contribution in [0.5, 0.6) is 0 Å². The topological polar surface area (TPSA) is 111 Å². The first-order valence-corrected chi connectivity index (χ1v) is 7.88. The van der Waals surface area contributed by atoms with Gasteiger partial charge in [-0.3, -0.25) is 14.9 Å². The van der Waals surface area contributed by atoms with Gasteiger partial charge in [0.15, 0.2) is 5.69 Å². The van der Waals surface area contributed by atoms with Crippen molar-refractivity contribution in [1.82, 2.24) is 4.98 Å². The third-order valence-electron chi connectivity index (χ3n) is 3.83. The van der Waals surface area contributed by atoms with E-state index in [-0.39, 0.29) is 5.69 Å². The van der Waals surface area contributed by atoms with Crippen LogP contribution < -0.4 is 11.1 Å². The molecule has 0 spiro atoms. The summed E-state index contributed by atoms with van der Waals surface area (Å²) >= 11 is 0. The van der Waals surface area contributed by atoms with E-state index in [9.17, 15) is 14.9 Å². The minimum absolute atomic E-state index is 0.0486. The van der Waals surface area contributed by atoms with Crippen LogP contribution in [-0.4, -0.2) is 15.8 Å². The van der Waals surface area contributed by atoms with Crippen LogP contribution in [0.15, 0.2) is 66.7 Å². The molecule has 7 heteroatoms. The molecule has 1 aromatic heterocycles. The molecule has 0 atom stereocenters. The lowest BCUT2D eigenvalue weighted by molar-refractivity contribution is -0.384. The predicted molar refractivity (Wildman–Crippen MR) is 98.6 cm³/mol. The molecule has 2 aromatic carbocycles. The van der Waals surface area contributed by atoms with Crippen LogP contribution in [0.4, 0.5) is 11.5 Å². The number of aromatic nitrogens is 1. The Balaban J connectivity index is 1.82. The van der Waals surface area contributed by atoms with E-state index in [1.807, 2.05) is 6.07 Å². The van der Waals surface area contributed by atoms with Gasteiger partial charge in [-0.15, -0.1) is 0 Å². The standard InChI is InChI=1S/C19H16N4O3/c20-19(24)15-8-6-13(7-9-15)12-21-17-11-10-16(23(25)26)18(22-17)14-4-2-1-3-5-14/h1-11H,12H2,(H2,20,24)(H,21,22). The first kappa shape index (κ1) is 17.1. The van der Waals surface area contributed by atoms with Crippen LogP contribution in [0.25, 0.3) is 11.3 Å². The predicted octanol–water partition coefficient (Wildman–Crippen LogP) is 3.37.